The number of benzene rings is 2. The monoisotopic (exact) mass is 484 g/mol. The summed E-state index contributed by atoms with van der Waals surface area (Å²) in [5.41, 5.74) is 1.60. The van der Waals surface area contributed by atoms with Crippen LogP contribution in [-0.2, 0) is 11.3 Å². The van der Waals surface area contributed by atoms with Gasteiger partial charge in [0, 0.05) is 28.3 Å². The van der Waals surface area contributed by atoms with Gasteiger partial charge in [0.25, 0.3) is 0 Å². The van der Waals surface area contributed by atoms with Crippen LogP contribution in [-0.4, -0.2) is 40.8 Å². The van der Waals surface area contributed by atoms with Crippen LogP contribution < -0.4 is 14.8 Å². The maximum absolute atomic E-state index is 12.8. The highest BCUT2D eigenvalue weighted by Crippen LogP contribution is 2.34. The van der Waals surface area contributed by atoms with Crippen LogP contribution >= 0.6 is 15.9 Å². The van der Waals surface area contributed by atoms with Crippen molar-refractivity contribution in [2.24, 2.45) is 5.92 Å². The summed E-state index contributed by atoms with van der Waals surface area (Å²) >= 11 is 3.46. The molecule has 0 radical (unpaired) electrons. The molecule has 0 bridgehead atoms. The molecule has 2 aliphatic heterocycles. The van der Waals surface area contributed by atoms with E-state index in [4.69, 9.17) is 14.0 Å². The molecule has 160 valence electrons. The lowest BCUT2D eigenvalue weighted by Gasteiger charge is -2.30. The van der Waals surface area contributed by atoms with E-state index in [0.29, 0.717) is 42.0 Å². The van der Waals surface area contributed by atoms with Gasteiger partial charge in [-0.15, -0.1) is 0 Å². The standard InChI is InChI=1S/C22H21BrN4O4/c23-16-5-1-3-14(9-16)21-25-20(31-26-21)12-27-8-2-4-15(11-27)22(28)24-17-6-7-18-19(10-17)30-13-29-18/h1,3,5-7,9-10,15H,2,4,8,11-13H2,(H,24,28). The van der Waals surface area contributed by atoms with Crippen LogP contribution in [0.1, 0.15) is 18.7 Å². The van der Waals surface area contributed by atoms with Gasteiger partial charge in [-0.05, 0) is 43.7 Å². The fourth-order valence-electron chi connectivity index (χ4n) is 3.89. The van der Waals surface area contributed by atoms with Crippen LogP contribution in [0.15, 0.2) is 51.5 Å². The third kappa shape index (κ3) is 4.57. The molecule has 2 aromatic carbocycles. The largest absolute Gasteiger partial charge is 0.454 e. The van der Waals surface area contributed by atoms with Crippen LogP contribution in [0.2, 0.25) is 0 Å². The Morgan fingerprint density at radius 3 is 3.00 bits per heavy atom. The van der Waals surface area contributed by atoms with E-state index in [1.54, 1.807) is 6.07 Å². The molecule has 2 aliphatic rings. The van der Waals surface area contributed by atoms with Gasteiger partial charge in [0.2, 0.25) is 24.4 Å². The number of hydrogen-bond acceptors (Lipinski definition) is 7. The maximum Gasteiger partial charge on any atom is 0.241 e. The molecule has 31 heavy (non-hydrogen) atoms. The zero-order valence-electron chi connectivity index (χ0n) is 16.7. The van der Waals surface area contributed by atoms with Crippen molar-refractivity contribution in [3.63, 3.8) is 0 Å². The first-order valence-corrected chi connectivity index (χ1v) is 10.9. The number of carbonyl (C=O) groups is 1. The van der Waals surface area contributed by atoms with Gasteiger partial charge in [-0.25, -0.2) is 0 Å². The Morgan fingerprint density at radius 1 is 1.19 bits per heavy atom. The maximum atomic E-state index is 12.8. The van der Waals surface area contributed by atoms with E-state index in [1.807, 2.05) is 36.4 Å². The molecule has 3 heterocycles. The van der Waals surface area contributed by atoms with Crippen LogP contribution in [0.4, 0.5) is 5.69 Å². The second-order valence-corrected chi connectivity index (χ2v) is 8.57. The molecule has 1 fully saturated rings. The van der Waals surface area contributed by atoms with E-state index in [2.05, 4.69) is 36.3 Å². The first-order chi connectivity index (χ1) is 15.1. The normalized spacial score (nSPS) is 18.2. The molecule has 1 amide bonds. The average molecular weight is 485 g/mol. The van der Waals surface area contributed by atoms with Crippen molar-refractivity contribution < 1.29 is 18.8 Å². The van der Waals surface area contributed by atoms with Crippen molar-refractivity contribution in [1.29, 1.82) is 0 Å². The predicted octanol–water partition coefficient (Wildman–Crippen LogP) is 4.08. The number of aromatic nitrogens is 2. The number of fused-ring (bicyclic) bond motifs is 1. The Labute approximate surface area is 187 Å². The quantitative estimate of drug-likeness (QED) is 0.583. The number of carbonyl (C=O) groups excluding carboxylic acids is 1. The minimum absolute atomic E-state index is 0.00363. The lowest BCUT2D eigenvalue weighted by Crippen LogP contribution is -2.40. The minimum Gasteiger partial charge on any atom is -0.454 e. The second kappa shape index (κ2) is 8.68. The molecule has 0 saturated carbocycles. The van der Waals surface area contributed by atoms with E-state index in [0.717, 1.165) is 29.4 Å². The van der Waals surface area contributed by atoms with Crippen molar-refractivity contribution in [1.82, 2.24) is 15.0 Å². The lowest BCUT2D eigenvalue weighted by atomic mass is 9.97. The first kappa shape index (κ1) is 20.0. The smallest absolute Gasteiger partial charge is 0.241 e. The fraction of sp³-hybridized carbons (Fsp3) is 0.318. The number of ether oxygens (including phenoxy) is 2. The summed E-state index contributed by atoms with van der Waals surface area (Å²) in [5.74, 6) is 2.36. The first-order valence-electron chi connectivity index (χ1n) is 10.2. The summed E-state index contributed by atoms with van der Waals surface area (Å²) in [7, 11) is 0. The Hall–Kier alpha value is -2.91. The summed E-state index contributed by atoms with van der Waals surface area (Å²) in [6.07, 6.45) is 1.78. The van der Waals surface area contributed by atoms with Gasteiger partial charge in [0.15, 0.2) is 11.5 Å². The molecule has 9 heteroatoms. The van der Waals surface area contributed by atoms with Crippen molar-refractivity contribution in [3.05, 3.63) is 52.8 Å². The van der Waals surface area contributed by atoms with Gasteiger partial charge in [0.05, 0.1) is 12.5 Å². The molecule has 1 aromatic heterocycles. The van der Waals surface area contributed by atoms with Crippen LogP contribution in [0.25, 0.3) is 11.4 Å². The number of halogens is 1. The fourth-order valence-corrected chi connectivity index (χ4v) is 4.29. The summed E-state index contributed by atoms with van der Waals surface area (Å²) in [6.45, 7) is 2.27. The Balaban J connectivity index is 1.20. The molecule has 1 N–H and O–H groups in total. The van der Waals surface area contributed by atoms with Gasteiger partial charge >= 0.3 is 0 Å². The summed E-state index contributed by atoms with van der Waals surface area (Å²) in [5, 5.41) is 7.10. The minimum atomic E-state index is -0.105. The van der Waals surface area contributed by atoms with E-state index in [-0.39, 0.29) is 18.6 Å². The Bertz CT molecular complexity index is 1100. The zero-order valence-corrected chi connectivity index (χ0v) is 18.3. The number of likely N-dealkylation sites (tertiary alicyclic amines) is 1. The van der Waals surface area contributed by atoms with E-state index in [1.165, 1.54) is 0 Å². The SMILES string of the molecule is O=C(Nc1ccc2c(c1)OCO2)C1CCCN(Cc2nc(-c3cccc(Br)c3)no2)C1. The summed E-state index contributed by atoms with van der Waals surface area (Å²) < 4.78 is 17.1. The van der Waals surface area contributed by atoms with E-state index in [9.17, 15) is 4.79 Å². The number of nitrogens with zero attached hydrogens (tertiary/aromatic N) is 3. The van der Waals surface area contributed by atoms with E-state index >= 15 is 0 Å². The number of hydrogen-bond donors (Lipinski definition) is 1. The average Bonchev–Trinajstić information content (AvgIpc) is 3.43. The van der Waals surface area contributed by atoms with Crippen molar-refractivity contribution in [3.8, 4) is 22.9 Å². The van der Waals surface area contributed by atoms with Crippen LogP contribution in [0, 0.1) is 5.92 Å². The molecule has 3 aromatic rings. The summed E-state index contributed by atoms with van der Waals surface area (Å²) in [6, 6.07) is 13.2. The number of amides is 1. The topological polar surface area (TPSA) is 89.7 Å². The molecular weight excluding hydrogens is 464 g/mol. The van der Waals surface area contributed by atoms with Crippen LogP contribution in [0.5, 0.6) is 11.5 Å². The summed E-state index contributed by atoms with van der Waals surface area (Å²) in [4.78, 5) is 19.5. The third-order valence-corrected chi connectivity index (χ3v) is 5.92. The zero-order chi connectivity index (χ0) is 21.2. The lowest BCUT2D eigenvalue weighted by molar-refractivity contribution is -0.121. The van der Waals surface area contributed by atoms with E-state index < -0.39 is 0 Å². The van der Waals surface area contributed by atoms with Gasteiger partial charge in [-0.3, -0.25) is 9.69 Å². The van der Waals surface area contributed by atoms with Crippen molar-refractivity contribution >= 4 is 27.5 Å². The van der Waals surface area contributed by atoms with Crippen molar-refractivity contribution in [2.75, 3.05) is 25.2 Å². The number of nitrogens with one attached hydrogen (secondary N) is 1. The van der Waals surface area contributed by atoms with Gasteiger partial charge in [0.1, 0.15) is 0 Å². The molecule has 1 unspecified atom stereocenters. The highest BCUT2D eigenvalue weighted by atomic mass is 79.9. The van der Waals surface area contributed by atoms with Gasteiger partial charge < -0.3 is 19.3 Å². The molecule has 8 nitrogen and oxygen atoms in total. The molecule has 1 atom stereocenters. The molecule has 1 saturated heterocycles. The number of piperidine rings is 1. The molecular formula is C22H21BrN4O4. The molecule has 0 aliphatic carbocycles. The highest BCUT2D eigenvalue weighted by molar-refractivity contribution is 9.10. The van der Waals surface area contributed by atoms with Gasteiger partial charge in [-0.2, -0.15) is 4.98 Å². The van der Waals surface area contributed by atoms with Crippen LogP contribution in [0.3, 0.4) is 0 Å². The second-order valence-electron chi connectivity index (χ2n) is 7.65. The third-order valence-electron chi connectivity index (χ3n) is 5.43. The number of anilines is 1. The number of rotatable bonds is 5. The van der Waals surface area contributed by atoms with Crippen molar-refractivity contribution in [2.45, 2.75) is 19.4 Å². The Morgan fingerprint density at radius 2 is 2.10 bits per heavy atom. The molecule has 5 rings (SSSR count). The highest BCUT2D eigenvalue weighted by Gasteiger charge is 2.27. The molecule has 0 spiro atoms. The Kier molecular flexibility index (Phi) is 5.61. The predicted molar refractivity (Wildman–Crippen MR) is 117 cm³/mol. The van der Waals surface area contributed by atoms with Gasteiger partial charge in [-0.1, -0.05) is 33.2 Å².